The van der Waals surface area contributed by atoms with Crippen LogP contribution in [0.3, 0.4) is 0 Å². The number of halogens is 1. The van der Waals surface area contributed by atoms with Gasteiger partial charge in [0, 0.05) is 37.3 Å². The molecule has 108 valence electrons. The molecule has 20 heavy (non-hydrogen) atoms. The number of likely N-dealkylation sites (tertiary alicyclic amines) is 1. The highest BCUT2D eigenvalue weighted by molar-refractivity contribution is 6.30. The predicted octanol–water partition coefficient (Wildman–Crippen LogP) is 1.77. The van der Waals surface area contributed by atoms with Crippen LogP contribution < -0.4 is 5.32 Å². The van der Waals surface area contributed by atoms with Crippen molar-refractivity contribution < 1.29 is 14.3 Å². The van der Waals surface area contributed by atoms with Crippen LogP contribution in [0.1, 0.15) is 6.42 Å². The van der Waals surface area contributed by atoms with Crippen LogP contribution in [0.25, 0.3) is 0 Å². The van der Waals surface area contributed by atoms with Crippen LogP contribution in [-0.2, 0) is 14.3 Å². The second-order valence-electron chi connectivity index (χ2n) is 4.73. The van der Waals surface area contributed by atoms with Gasteiger partial charge in [0.25, 0.3) is 0 Å². The Kier molecular flexibility index (Phi) is 4.98. The summed E-state index contributed by atoms with van der Waals surface area (Å²) in [6, 6.07) is 6.89. The Morgan fingerprint density at radius 3 is 2.80 bits per heavy atom. The molecular weight excluding hydrogens is 280 g/mol. The minimum Gasteiger partial charge on any atom is -0.383 e. The molecule has 1 heterocycles. The van der Waals surface area contributed by atoms with E-state index in [2.05, 4.69) is 5.32 Å². The second kappa shape index (κ2) is 6.72. The van der Waals surface area contributed by atoms with E-state index in [0.717, 1.165) is 0 Å². The van der Waals surface area contributed by atoms with Crippen molar-refractivity contribution in [1.82, 2.24) is 4.90 Å². The zero-order chi connectivity index (χ0) is 14.5. The quantitative estimate of drug-likeness (QED) is 0.901. The minimum atomic E-state index is -0.310. The molecule has 1 aromatic rings. The molecule has 1 saturated heterocycles. The fourth-order valence-electron chi connectivity index (χ4n) is 2.14. The fraction of sp³-hybridized carbons (Fsp3) is 0.429. The lowest BCUT2D eigenvalue weighted by Crippen LogP contribution is -2.30. The van der Waals surface area contributed by atoms with Crippen LogP contribution in [0, 0.1) is 5.92 Å². The van der Waals surface area contributed by atoms with E-state index < -0.39 is 0 Å². The van der Waals surface area contributed by atoms with Gasteiger partial charge < -0.3 is 15.0 Å². The van der Waals surface area contributed by atoms with Crippen LogP contribution >= 0.6 is 11.6 Å². The summed E-state index contributed by atoms with van der Waals surface area (Å²) in [6.45, 7) is 1.46. The van der Waals surface area contributed by atoms with Gasteiger partial charge in [-0.2, -0.15) is 0 Å². The molecule has 2 amide bonds. The van der Waals surface area contributed by atoms with Crippen molar-refractivity contribution in [1.29, 1.82) is 0 Å². The maximum Gasteiger partial charge on any atom is 0.229 e. The zero-order valence-electron chi connectivity index (χ0n) is 11.3. The van der Waals surface area contributed by atoms with E-state index in [9.17, 15) is 9.59 Å². The molecule has 5 nitrogen and oxygen atoms in total. The number of nitrogens with one attached hydrogen (secondary N) is 1. The number of hydrogen-bond acceptors (Lipinski definition) is 3. The number of amides is 2. The standard InChI is InChI=1S/C14H17ClN2O3/c1-20-7-6-17-9-10(8-13(17)18)14(19)16-12-4-2-11(15)3-5-12/h2-5,10H,6-9H2,1H3,(H,16,19)/t10-/m0/s1. The molecular formula is C14H17ClN2O3. The Labute approximate surface area is 122 Å². The van der Waals surface area contributed by atoms with Gasteiger partial charge in [0.2, 0.25) is 11.8 Å². The molecule has 0 aromatic heterocycles. The molecule has 0 radical (unpaired) electrons. The molecule has 0 bridgehead atoms. The predicted molar refractivity (Wildman–Crippen MR) is 76.6 cm³/mol. The number of hydrogen-bond donors (Lipinski definition) is 1. The molecule has 1 atom stereocenters. The highest BCUT2D eigenvalue weighted by Gasteiger charge is 2.33. The summed E-state index contributed by atoms with van der Waals surface area (Å²) >= 11 is 5.79. The maximum atomic E-state index is 12.1. The van der Waals surface area contributed by atoms with Gasteiger partial charge in [-0.3, -0.25) is 9.59 Å². The summed E-state index contributed by atoms with van der Waals surface area (Å²) in [5, 5.41) is 3.42. The molecule has 1 fully saturated rings. The van der Waals surface area contributed by atoms with Crippen LogP contribution in [0.2, 0.25) is 5.02 Å². The Hall–Kier alpha value is -1.59. The van der Waals surface area contributed by atoms with Crippen LogP contribution in [0.4, 0.5) is 5.69 Å². The summed E-state index contributed by atoms with van der Waals surface area (Å²) < 4.78 is 4.95. The maximum absolute atomic E-state index is 12.1. The third-order valence-corrected chi connectivity index (χ3v) is 3.51. The number of ether oxygens (including phenoxy) is 1. The summed E-state index contributed by atoms with van der Waals surface area (Å²) in [5.74, 6) is -0.450. The first-order valence-corrected chi connectivity index (χ1v) is 6.81. The Balaban J connectivity index is 1.90. The number of carbonyl (C=O) groups excluding carboxylic acids is 2. The fourth-order valence-corrected chi connectivity index (χ4v) is 2.27. The van der Waals surface area contributed by atoms with Crippen LogP contribution in [0.5, 0.6) is 0 Å². The van der Waals surface area contributed by atoms with E-state index >= 15 is 0 Å². The molecule has 0 aliphatic carbocycles. The van der Waals surface area contributed by atoms with Crippen molar-refractivity contribution in [2.75, 3.05) is 32.1 Å². The smallest absolute Gasteiger partial charge is 0.229 e. The largest absolute Gasteiger partial charge is 0.383 e. The second-order valence-corrected chi connectivity index (χ2v) is 5.17. The average molecular weight is 297 g/mol. The molecule has 1 aliphatic rings. The highest BCUT2D eigenvalue weighted by Crippen LogP contribution is 2.20. The van der Waals surface area contributed by atoms with Gasteiger partial charge in [0.05, 0.1) is 12.5 Å². The Morgan fingerprint density at radius 1 is 1.45 bits per heavy atom. The summed E-state index contributed by atoms with van der Waals surface area (Å²) in [7, 11) is 1.59. The lowest BCUT2D eigenvalue weighted by Gasteiger charge is -2.15. The van der Waals surface area contributed by atoms with Gasteiger partial charge in [0.1, 0.15) is 0 Å². The Morgan fingerprint density at radius 2 is 2.15 bits per heavy atom. The van der Waals surface area contributed by atoms with Gasteiger partial charge in [0.15, 0.2) is 0 Å². The third-order valence-electron chi connectivity index (χ3n) is 3.26. The first-order chi connectivity index (χ1) is 9.60. The van der Waals surface area contributed by atoms with E-state index in [1.165, 1.54) is 0 Å². The molecule has 1 aliphatic heterocycles. The number of rotatable bonds is 5. The molecule has 0 unspecified atom stereocenters. The van der Waals surface area contributed by atoms with Crippen LogP contribution in [-0.4, -0.2) is 43.5 Å². The number of methoxy groups -OCH3 is 1. The van der Waals surface area contributed by atoms with E-state index in [-0.39, 0.29) is 24.2 Å². The summed E-state index contributed by atoms with van der Waals surface area (Å²) in [6.07, 6.45) is 0.253. The molecule has 2 rings (SSSR count). The number of anilines is 1. The van der Waals surface area contributed by atoms with Crippen LogP contribution in [0.15, 0.2) is 24.3 Å². The number of benzene rings is 1. The number of carbonyl (C=O) groups is 2. The van der Waals surface area contributed by atoms with Gasteiger partial charge in [-0.15, -0.1) is 0 Å². The number of nitrogens with zero attached hydrogens (tertiary/aromatic N) is 1. The molecule has 0 saturated carbocycles. The van der Waals surface area contributed by atoms with Crippen molar-refractivity contribution in [3.05, 3.63) is 29.3 Å². The SMILES string of the molecule is COCCN1C[C@@H](C(=O)Nc2ccc(Cl)cc2)CC1=O. The Bertz CT molecular complexity index is 490. The average Bonchev–Trinajstić information content (AvgIpc) is 2.80. The third kappa shape index (κ3) is 3.71. The molecule has 0 spiro atoms. The van der Waals surface area contributed by atoms with Crippen molar-refractivity contribution in [2.45, 2.75) is 6.42 Å². The van der Waals surface area contributed by atoms with Gasteiger partial charge >= 0.3 is 0 Å². The lowest BCUT2D eigenvalue weighted by molar-refractivity contribution is -0.128. The molecule has 6 heteroatoms. The van der Waals surface area contributed by atoms with E-state index in [1.54, 1.807) is 36.3 Å². The summed E-state index contributed by atoms with van der Waals surface area (Å²) in [4.78, 5) is 25.5. The first kappa shape index (κ1) is 14.8. The monoisotopic (exact) mass is 296 g/mol. The van der Waals surface area contributed by atoms with Gasteiger partial charge in [-0.05, 0) is 24.3 Å². The normalized spacial score (nSPS) is 18.4. The topological polar surface area (TPSA) is 58.6 Å². The van der Waals surface area contributed by atoms with E-state index in [0.29, 0.717) is 30.4 Å². The van der Waals surface area contributed by atoms with Gasteiger partial charge in [-0.1, -0.05) is 11.6 Å². The van der Waals surface area contributed by atoms with Crippen molar-refractivity contribution in [2.24, 2.45) is 5.92 Å². The van der Waals surface area contributed by atoms with Crippen molar-refractivity contribution in [3.63, 3.8) is 0 Å². The minimum absolute atomic E-state index is 0.00157. The molecule has 1 N–H and O–H groups in total. The lowest BCUT2D eigenvalue weighted by atomic mass is 10.1. The van der Waals surface area contributed by atoms with E-state index in [1.807, 2.05) is 0 Å². The zero-order valence-corrected chi connectivity index (χ0v) is 12.0. The van der Waals surface area contributed by atoms with Gasteiger partial charge in [-0.25, -0.2) is 0 Å². The highest BCUT2D eigenvalue weighted by atomic mass is 35.5. The summed E-state index contributed by atoms with van der Waals surface area (Å²) in [5.41, 5.74) is 0.683. The van der Waals surface area contributed by atoms with Crippen molar-refractivity contribution in [3.8, 4) is 0 Å². The first-order valence-electron chi connectivity index (χ1n) is 6.43. The van der Waals surface area contributed by atoms with Crippen molar-refractivity contribution >= 4 is 29.1 Å². The van der Waals surface area contributed by atoms with E-state index in [4.69, 9.17) is 16.3 Å². The molecule has 1 aromatic carbocycles.